The molecule has 1 aliphatic rings. The van der Waals surface area contributed by atoms with E-state index in [9.17, 15) is 9.18 Å². The van der Waals surface area contributed by atoms with Gasteiger partial charge in [-0.2, -0.15) is 0 Å². The molecule has 0 radical (unpaired) electrons. The van der Waals surface area contributed by atoms with Crippen LogP contribution in [0.15, 0.2) is 36.5 Å². The number of nitrogens with zero attached hydrogens (tertiary/aromatic N) is 3. The zero-order chi connectivity index (χ0) is 17.8. The number of nitrogens with one attached hydrogen (secondary N) is 1. The molecule has 8 heteroatoms. The number of amides is 2. The van der Waals surface area contributed by atoms with Gasteiger partial charge in [-0.25, -0.2) is 14.2 Å². The highest BCUT2D eigenvalue weighted by Gasteiger charge is 2.22. The molecule has 0 saturated carbocycles. The summed E-state index contributed by atoms with van der Waals surface area (Å²) in [7, 11) is 0. The molecule has 2 amide bonds. The van der Waals surface area contributed by atoms with Crippen LogP contribution in [0.1, 0.15) is 5.56 Å². The standard InChI is InChI=1S/C17H17Cl2FN4O/c18-14-10-13(20)4-3-12(14)11-23-6-8-24(9-7-23)17(25)22-15-2-1-5-21-16(15)19/h1-5,10H,6-9,11H2,(H,22,25). The fourth-order valence-electron chi connectivity index (χ4n) is 2.67. The number of hydrogen-bond donors (Lipinski definition) is 1. The van der Waals surface area contributed by atoms with Gasteiger partial charge in [-0.3, -0.25) is 4.90 Å². The summed E-state index contributed by atoms with van der Waals surface area (Å²) < 4.78 is 13.1. The number of aromatic nitrogens is 1. The molecule has 0 atom stereocenters. The zero-order valence-corrected chi connectivity index (χ0v) is 14.9. The maximum Gasteiger partial charge on any atom is 0.322 e. The largest absolute Gasteiger partial charge is 0.322 e. The molecule has 1 aromatic carbocycles. The van der Waals surface area contributed by atoms with E-state index < -0.39 is 0 Å². The molecule has 132 valence electrons. The minimum atomic E-state index is -0.343. The van der Waals surface area contributed by atoms with Gasteiger partial charge in [0.05, 0.1) is 5.69 Å². The van der Waals surface area contributed by atoms with Crippen LogP contribution in [0, 0.1) is 5.82 Å². The SMILES string of the molecule is O=C(Nc1cccnc1Cl)N1CCN(Cc2ccc(F)cc2Cl)CC1. The van der Waals surface area contributed by atoms with E-state index in [0.717, 1.165) is 5.56 Å². The van der Waals surface area contributed by atoms with Crippen LogP contribution in [-0.4, -0.2) is 47.0 Å². The van der Waals surface area contributed by atoms with Crippen LogP contribution in [0.5, 0.6) is 0 Å². The monoisotopic (exact) mass is 382 g/mol. The van der Waals surface area contributed by atoms with Crippen LogP contribution in [-0.2, 0) is 6.54 Å². The van der Waals surface area contributed by atoms with Crippen LogP contribution in [0.25, 0.3) is 0 Å². The van der Waals surface area contributed by atoms with Crippen molar-refractivity contribution in [1.82, 2.24) is 14.8 Å². The number of carbonyl (C=O) groups is 1. The molecule has 3 rings (SSSR count). The lowest BCUT2D eigenvalue weighted by Gasteiger charge is -2.34. The quantitative estimate of drug-likeness (QED) is 0.819. The smallest absolute Gasteiger partial charge is 0.322 e. The van der Waals surface area contributed by atoms with E-state index in [1.54, 1.807) is 29.3 Å². The summed E-state index contributed by atoms with van der Waals surface area (Å²) in [6.45, 7) is 3.22. The lowest BCUT2D eigenvalue weighted by molar-refractivity contribution is 0.143. The fourth-order valence-corrected chi connectivity index (χ4v) is 3.07. The molecule has 2 aromatic rings. The minimum Gasteiger partial charge on any atom is -0.322 e. The zero-order valence-electron chi connectivity index (χ0n) is 13.4. The van der Waals surface area contributed by atoms with E-state index in [-0.39, 0.29) is 17.0 Å². The Morgan fingerprint density at radius 1 is 1.20 bits per heavy atom. The maximum atomic E-state index is 13.1. The molecule has 1 aliphatic heterocycles. The van der Waals surface area contributed by atoms with Gasteiger partial charge in [0.1, 0.15) is 5.82 Å². The molecule has 25 heavy (non-hydrogen) atoms. The lowest BCUT2D eigenvalue weighted by atomic mass is 10.2. The number of halogens is 3. The number of rotatable bonds is 3. The van der Waals surface area contributed by atoms with Crippen LogP contribution < -0.4 is 5.32 Å². The van der Waals surface area contributed by atoms with Gasteiger partial charge in [-0.1, -0.05) is 29.3 Å². The summed E-state index contributed by atoms with van der Waals surface area (Å²) in [5, 5.41) is 3.46. The summed E-state index contributed by atoms with van der Waals surface area (Å²) in [6.07, 6.45) is 1.57. The first kappa shape index (κ1) is 17.9. The van der Waals surface area contributed by atoms with E-state index in [2.05, 4.69) is 15.2 Å². The van der Waals surface area contributed by atoms with Crippen molar-refractivity contribution in [3.05, 3.63) is 58.1 Å². The molecule has 0 unspecified atom stereocenters. The predicted octanol–water partition coefficient (Wildman–Crippen LogP) is 3.88. The van der Waals surface area contributed by atoms with Gasteiger partial charge in [-0.05, 0) is 29.8 Å². The molecule has 1 fully saturated rings. The van der Waals surface area contributed by atoms with Crippen molar-refractivity contribution in [3.8, 4) is 0 Å². The Kier molecular flexibility index (Phi) is 5.73. The Balaban J connectivity index is 1.53. The van der Waals surface area contributed by atoms with Gasteiger partial charge >= 0.3 is 6.03 Å². The van der Waals surface area contributed by atoms with Crippen molar-refractivity contribution in [3.63, 3.8) is 0 Å². The molecule has 2 heterocycles. The van der Waals surface area contributed by atoms with E-state index in [1.165, 1.54) is 12.1 Å². The molecule has 1 saturated heterocycles. The van der Waals surface area contributed by atoms with Crippen molar-refractivity contribution in [2.24, 2.45) is 0 Å². The molecule has 0 aliphatic carbocycles. The van der Waals surface area contributed by atoms with E-state index in [4.69, 9.17) is 23.2 Å². The van der Waals surface area contributed by atoms with Crippen molar-refractivity contribution in [1.29, 1.82) is 0 Å². The molecule has 0 spiro atoms. The summed E-state index contributed by atoms with van der Waals surface area (Å²) in [6, 6.07) is 7.64. The third-order valence-corrected chi connectivity index (χ3v) is 4.72. The Morgan fingerprint density at radius 3 is 2.64 bits per heavy atom. The number of pyridine rings is 1. The highest BCUT2D eigenvalue weighted by molar-refractivity contribution is 6.32. The number of urea groups is 1. The van der Waals surface area contributed by atoms with Crippen molar-refractivity contribution in [2.45, 2.75) is 6.54 Å². The summed E-state index contributed by atoms with van der Waals surface area (Å²) in [5.41, 5.74) is 1.37. The van der Waals surface area contributed by atoms with E-state index >= 15 is 0 Å². The molecule has 1 N–H and O–H groups in total. The van der Waals surface area contributed by atoms with Crippen LogP contribution in [0.3, 0.4) is 0 Å². The Hall–Kier alpha value is -1.89. The average molecular weight is 383 g/mol. The van der Waals surface area contributed by atoms with Gasteiger partial charge < -0.3 is 10.2 Å². The Morgan fingerprint density at radius 2 is 1.96 bits per heavy atom. The molecule has 0 bridgehead atoms. The highest BCUT2D eigenvalue weighted by Crippen LogP contribution is 2.21. The highest BCUT2D eigenvalue weighted by atomic mass is 35.5. The predicted molar refractivity (Wildman–Crippen MR) is 96.5 cm³/mol. The second kappa shape index (κ2) is 7.99. The summed E-state index contributed by atoms with van der Waals surface area (Å²) >= 11 is 12.0. The van der Waals surface area contributed by atoms with Gasteiger partial charge in [0.2, 0.25) is 0 Å². The Labute approximate surface area is 155 Å². The minimum absolute atomic E-state index is 0.200. The second-order valence-electron chi connectivity index (χ2n) is 5.77. The van der Waals surface area contributed by atoms with E-state index in [1.807, 2.05) is 0 Å². The van der Waals surface area contributed by atoms with Crippen LogP contribution in [0.4, 0.5) is 14.9 Å². The number of hydrogen-bond acceptors (Lipinski definition) is 3. The average Bonchev–Trinajstić information content (AvgIpc) is 2.60. The van der Waals surface area contributed by atoms with Gasteiger partial charge in [-0.15, -0.1) is 0 Å². The first-order valence-electron chi connectivity index (χ1n) is 7.85. The van der Waals surface area contributed by atoms with E-state index in [0.29, 0.717) is 43.4 Å². The number of anilines is 1. The maximum absolute atomic E-state index is 13.1. The number of carbonyl (C=O) groups excluding carboxylic acids is 1. The van der Waals surface area contributed by atoms with Crippen molar-refractivity contribution >= 4 is 34.9 Å². The summed E-state index contributed by atoms with van der Waals surface area (Å²) in [4.78, 5) is 20.2. The molecule has 1 aromatic heterocycles. The number of benzene rings is 1. The summed E-state index contributed by atoms with van der Waals surface area (Å²) in [5.74, 6) is -0.343. The molecule has 5 nitrogen and oxygen atoms in total. The van der Waals surface area contributed by atoms with Gasteiger partial charge in [0.25, 0.3) is 0 Å². The normalized spacial score (nSPS) is 15.2. The van der Waals surface area contributed by atoms with Gasteiger partial charge in [0.15, 0.2) is 5.15 Å². The molecular weight excluding hydrogens is 366 g/mol. The van der Waals surface area contributed by atoms with Crippen LogP contribution in [0.2, 0.25) is 10.2 Å². The van der Waals surface area contributed by atoms with Crippen LogP contribution >= 0.6 is 23.2 Å². The number of piperazine rings is 1. The second-order valence-corrected chi connectivity index (χ2v) is 6.54. The first-order valence-corrected chi connectivity index (χ1v) is 8.61. The first-order chi connectivity index (χ1) is 12.0. The fraction of sp³-hybridized carbons (Fsp3) is 0.294. The van der Waals surface area contributed by atoms with Crippen molar-refractivity contribution in [2.75, 3.05) is 31.5 Å². The molecular formula is C17H17Cl2FN4O. The topological polar surface area (TPSA) is 48.5 Å². The lowest BCUT2D eigenvalue weighted by Crippen LogP contribution is -2.49. The van der Waals surface area contributed by atoms with Crippen molar-refractivity contribution < 1.29 is 9.18 Å². The Bertz CT molecular complexity index is 766. The third-order valence-electron chi connectivity index (χ3n) is 4.07. The van der Waals surface area contributed by atoms with Gasteiger partial charge in [0, 0.05) is 43.9 Å². The third kappa shape index (κ3) is 4.60.